The van der Waals surface area contributed by atoms with Crippen molar-refractivity contribution in [1.82, 2.24) is 0 Å². The Bertz CT molecular complexity index is 722. The molecule has 1 fully saturated rings. The van der Waals surface area contributed by atoms with Crippen molar-refractivity contribution in [3.8, 4) is 6.07 Å². The van der Waals surface area contributed by atoms with Gasteiger partial charge >= 0.3 is 5.97 Å². The first kappa shape index (κ1) is 21.9. The molecule has 1 aliphatic rings. The van der Waals surface area contributed by atoms with Crippen molar-refractivity contribution in [3.05, 3.63) is 29.3 Å². The first-order valence-electron chi connectivity index (χ1n) is 9.56. The van der Waals surface area contributed by atoms with Gasteiger partial charge < -0.3 is 19.1 Å². The van der Waals surface area contributed by atoms with E-state index in [2.05, 4.69) is 0 Å². The molecule has 152 valence electrons. The van der Waals surface area contributed by atoms with Crippen molar-refractivity contribution in [2.75, 3.05) is 31.3 Å². The number of benzene rings is 1. The maximum Gasteiger partial charge on any atom is 0.335 e. The van der Waals surface area contributed by atoms with Gasteiger partial charge in [0.25, 0.3) is 5.91 Å². The predicted octanol–water partition coefficient (Wildman–Crippen LogP) is 2.68. The molecule has 7 heteroatoms. The minimum absolute atomic E-state index is 0.0168. The second-order valence-electron chi connectivity index (χ2n) is 6.94. The fourth-order valence-electron chi connectivity index (χ4n) is 2.88. The molecule has 1 aromatic rings. The molecule has 0 spiro atoms. The SMILES string of the molecule is Cc1ccc(N(CCC#N)C(=O)COC(=O)C(C)OCC2CCCO2)cc1C. The van der Waals surface area contributed by atoms with E-state index in [0.717, 1.165) is 30.6 Å². The number of nitriles is 1. The number of ether oxygens (including phenoxy) is 3. The van der Waals surface area contributed by atoms with Crippen molar-refractivity contribution < 1.29 is 23.8 Å². The van der Waals surface area contributed by atoms with Crippen LogP contribution in [0, 0.1) is 25.2 Å². The van der Waals surface area contributed by atoms with Crippen molar-refractivity contribution in [1.29, 1.82) is 5.26 Å². The highest BCUT2D eigenvalue weighted by Crippen LogP contribution is 2.19. The lowest BCUT2D eigenvalue weighted by atomic mass is 10.1. The zero-order valence-electron chi connectivity index (χ0n) is 16.8. The number of anilines is 1. The maximum absolute atomic E-state index is 12.6. The highest BCUT2D eigenvalue weighted by atomic mass is 16.6. The van der Waals surface area contributed by atoms with Crippen LogP contribution in [0.2, 0.25) is 0 Å². The van der Waals surface area contributed by atoms with E-state index in [9.17, 15) is 9.59 Å². The molecular weight excluding hydrogens is 360 g/mol. The summed E-state index contributed by atoms with van der Waals surface area (Å²) in [7, 11) is 0. The van der Waals surface area contributed by atoms with E-state index in [1.807, 2.05) is 38.1 Å². The summed E-state index contributed by atoms with van der Waals surface area (Å²) in [6, 6.07) is 7.68. The number of carbonyl (C=O) groups is 2. The number of hydrogen-bond donors (Lipinski definition) is 0. The van der Waals surface area contributed by atoms with Crippen LogP contribution in [0.4, 0.5) is 5.69 Å². The Morgan fingerprint density at radius 3 is 2.79 bits per heavy atom. The normalized spacial score (nSPS) is 17.0. The number of amides is 1. The Morgan fingerprint density at radius 1 is 1.36 bits per heavy atom. The van der Waals surface area contributed by atoms with Crippen molar-refractivity contribution >= 4 is 17.6 Å². The topological polar surface area (TPSA) is 88.9 Å². The largest absolute Gasteiger partial charge is 0.454 e. The average molecular weight is 388 g/mol. The minimum Gasteiger partial charge on any atom is -0.454 e. The smallest absolute Gasteiger partial charge is 0.335 e. The van der Waals surface area contributed by atoms with Crippen LogP contribution < -0.4 is 4.90 Å². The van der Waals surface area contributed by atoms with E-state index < -0.39 is 18.7 Å². The summed E-state index contributed by atoms with van der Waals surface area (Å²) >= 11 is 0. The van der Waals surface area contributed by atoms with Crippen LogP contribution in [0.1, 0.15) is 37.3 Å². The molecule has 1 aromatic carbocycles. The molecule has 0 bridgehead atoms. The molecule has 0 saturated carbocycles. The lowest BCUT2D eigenvalue weighted by molar-refractivity contribution is -0.160. The third kappa shape index (κ3) is 6.32. The monoisotopic (exact) mass is 388 g/mol. The summed E-state index contributed by atoms with van der Waals surface area (Å²) in [5.41, 5.74) is 2.84. The summed E-state index contributed by atoms with van der Waals surface area (Å²) in [6.07, 6.45) is 1.35. The summed E-state index contributed by atoms with van der Waals surface area (Å²) in [6.45, 7) is 6.43. The summed E-state index contributed by atoms with van der Waals surface area (Å²) in [4.78, 5) is 26.2. The second-order valence-corrected chi connectivity index (χ2v) is 6.94. The Hall–Kier alpha value is -2.43. The first-order valence-corrected chi connectivity index (χ1v) is 9.56. The Labute approximate surface area is 166 Å². The van der Waals surface area contributed by atoms with Gasteiger partial charge in [-0.25, -0.2) is 4.79 Å². The van der Waals surface area contributed by atoms with Crippen LogP contribution in [0.3, 0.4) is 0 Å². The Balaban J connectivity index is 1.89. The van der Waals surface area contributed by atoms with E-state index in [4.69, 9.17) is 19.5 Å². The zero-order valence-corrected chi connectivity index (χ0v) is 16.8. The number of hydrogen-bond acceptors (Lipinski definition) is 6. The molecule has 28 heavy (non-hydrogen) atoms. The number of aryl methyl sites for hydroxylation is 2. The molecule has 1 heterocycles. The van der Waals surface area contributed by atoms with Crippen LogP contribution in [0.15, 0.2) is 18.2 Å². The van der Waals surface area contributed by atoms with Gasteiger partial charge in [0.15, 0.2) is 12.7 Å². The van der Waals surface area contributed by atoms with Gasteiger partial charge in [0.2, 0.25) is 0 Å². The standard InChI is InChI=1S/C21H28N2O5/c1-15-7-8-18(12-16(15)2)23(10-5-9-22)20(24)14-28-21(25)17(3)27-13-19-6-4-11-26-19/h7-8,12,17,19H,4-6,10-11,13-14H2,1-3H3. The number of rotatable bonds is 9. The van der Waals surface area contributed by atoms with E-state index in [1.165, 1.54) is 4.90 Å². The van der Waals surface area contributed by atoms with Gasteiger partial charge in [0.1, 0.15) is 0 Å². The van der Waals surface area contributed by atoms with Gasteiger partial charge in [-0.05, 0) is 56.9 Å². The minimum atomic E-state index is -0.772. The Kier molecular flexibility index (Phi) is 8.42. The molecule has 0 radical (unpaired) electrons. The fraction of sp³-hybridized carbons (Fsp3) is 0.571. The zero-order chi connectivity index (χ0) is 20.5. The van der Waals surface area contributed by atoms with Crippen LogP contribution in [0.5, 0.6) is 0 Å². The summed E-state index contributed by atoms with van der Waals surface area (Å²) in [5.74, 6) is -0.968. The van der Waals surface area contributed by atoms with E-state index >= 15 is 0 Å². The second kappa shape index (κ2) is 10.8. The van der Waals surface area contributed by atoms with Crippen molar-refractivity contribution in [2.45, 2.75) is 52.2 Å². The number of esters is 1. The molecule has 1 amide bonds. The van der Waals surface area contributed by atoms with Gasteiger partial charge in [0.05, 0.1) is 25.2 Å². The van der Waals surface area contributed by atoms with Crippen LogP contribution in [-0.2, 0) is 23.8 Å². The van der Waals surface area contributed by atoms with Gasteiger partial charge in [-0.3, -0.25) is 4.79 Å². The molecule has 1 saturated heterocycles. The molecule has 1 aliphatic heterocycles. The van der Waals surface area contributed by atoms with Gasteiger partial charge in [0, 0.05) is 18.8 Å². The van der Waals surface area contributed by atoms with E-state index in [-0.39, 0.29) is 25.0 Å². The molecule has 7 nitrogen and oxygen atoms in total. The van der Waals surface area contributed by atoms with Gasteiger partial charge in [-0.1, -0.05) is 6.07 Å². The Morgan fingerprint density at radius 2 is 2.14 bits per heavy atom. The molecule has 2 atom stereocenters. The predicted molar refractivity (Wildman–Crippen MR) is 104 cm³/mol. The molecule has 0 aliphatic carbocycles. The first-order chi connectivity index (χ1) is 13.4. The fourth-order valence-corrected chi connectivity index (χ4v) is 2.88. The molecule has 2 unspecified atom stereocenters. The summed E-state index contributed by atoms with van der Waals surface area (Å²) in [5, 5.41) is 8.88. The maximum atomic E-state index is 12.6. The van der Waals surface area contributed by atoms with Gasteiger partial charge in [-0.2, -0.15) is 5.26 Å². The number of carbonyl (C=O) groups excluding carboxylic acids is 2. The molecule has 0 N–H and O–H groups in total. The van der Waals surface area contributed by atoms with Crippen molar-refractivity contribution in [2.24, 2.45) is 0 Å². The highest BCUT2D eigenvalue weighted by Gasteiger charge is 2.23. The van der Waals surface area contributed by atoms with Gasteiger partial charge in [-0.15, -0.1) is 0 Å². The van der Waals surface area contributed by atoms with Crippen molar-refractivity contribution in [3.63, 3.8) is 0 Å². The van der Waals surface area contributed by atoms with Crippen LogP contribution in [0.25, 0.3) is 0 Å². The third-order valence-electron chi connectivity index (χ3n) is 4.78. The quantitative estimate of drug-likeness (QED) is 0.604. The van der Waals surface area contributed by atoms with E-state index in [1.54, 1.807) is 6.92 Å². The lowest BCUT2D eigenvalue weighted by Gasteiger charge is -2.23. The lowest BCUT2D eigenvalue weighted by Crippen LogP contribution is -2.37. The van der Waals surface area contributed by atoms with Crippen LogP contribution in [-0.4, -0.2) is 50.4 Å². The highest BCUT2D eigenvalue weighted by molar-refractivity contribution is 5.95. The molecule has 2 rings (SSSR count). The van der Waals surface area contributed by atoms with E-state index in [0.29, 0.717) is 12.3 Å². The molecular formula is C21H28N2O5. The average Bonchev–Trinajstić information content (AvgIpc) is 3.20. The third-order valence-corrected chi connectivity index (χ3v) is 4.78. The molecule has 0 aromatic heterocycles. The number of nitrogens with zero attached hydrogens (tertiary/aromatic N) is 2. The van der Waals surface area contributed by atoms with Crippen LogP contribution >= 0.6 is 0 Å². The summed E-state index contributed by atoms with van der Waals surface area (Å²) < 4.78 is 16.1.